The minimum Gasteiger partial charge on any atom is -0.493 e. The second kappa shape index (κ2) is 8.27. The van der Waals surface area contributed by atoms with Crippen LogP contribution in [-0.4, -0.2) is 41.4 Å². The standard InChI is InChI=1S/C24H28N2O6/c1-6-32-19-12-15(8-10-18(19)31-5)24(30,13-20(25)27)26-21(28)16-9-7-14(23(2,3)4)11-17(16)22(26)29/h7-12,30H,6,13H2,1-5H3,(H2,25,27). The summed E-state index contributed by atoms with van der Waals surface area (Å²) in [6, 6.07) is 9.44. The van der Waals surface area contributed by atoms with Crippen LogP contribution in [0.5, 0.6) is 11.5 Å². The van der Waals surface area contributed by atoms with Gasteiger partial charge in [0.05, 0.1) is 31.3 Å². The van der Waals surface area contributed by atoms with Crippen LogP contribution in [0.15, 0.2) is 36.4 Å². The number of fused-ring (bicyclic) bond motifs is 1. The first-order valence-corrected chi connectivity index (χ1v) is 10.3. The monoisotopic (exact) mass is 440 g/mol. The first-order chi connectivity index (χ1) is 14.9. The number of primary amides is 1. The summed E-state index contributed by atoms with van der Waals surface area (Å²) in [6.45, 7) is 8.06. The first-order valence-electron chi connectivity index (χ1n) is 10.3. The van der Waals surface area contributed by atoms with Crippen molar-refractivity contribution < 1.29 is 29.0 Å². The lowest BCUT2D eigenvalue weighted by Gasteiger charge is -2.35. The lowest BCUT2D eigenvalue weighted by atomic mass is 9.85. The molecule has 2 aromatic rings. The molecule has 0 saturated carbocycles. The van der Waals surface area contributed by atoms with Crippen LogP contribution in [0.2, 0.25) is 0 Å². The molecule has 3 amide bonds. The van der Waals surface area contributed by atoms with Crippen molar-refractivity contribution in [1.29, 1.82) is 0 Å². The average Bonchev–Trinajstić information content (AvgIpc) is 2.97. The number of carbonyl (C=O) groups is 3. The molecule has 8 heteroatoms. The van der Waals surface area contributed by atoms with E-state index in [1.54, 1.807) is 25.1 Å². The third kappa shape index (κ3) is 3.93. The van der Waals surface area contributed by atoms with Gasteiger partial charge in [-0.3, -0.25) is 14.4 Å². The van der Waals surface area contributed by atoms with Crippen LogP contribution < -0.4 is 15.2 Å². The van der Waals surface area contributed by atoms with Crippen LogP contribution in [0.1, 0.15) is 66.0 Å². The number of nitrogens with two attached hydrogens (primary N) is 1. The topological polar surface area (TPSA) is 119 Å². The molecule has 1 aliphatic heterocycles. The minimum atomic E-state index is -2.31. The summed E-state index contributed by atoms with van der Waals surface area (Å²) in [4.78, 5) is 39.2. The van der Waals surface area contributed by atoms with Crippen molar-refractivity contribution in [2.45, 2.75) is 45.3 Å². The van der Waals surface area contributed by atoms with Crippen LogP contribution in [0.25, 0.3) is 0 Å². The van der Waals surface area contributed by atoms with Crippen molar-refractivity contribution in [3.8, 4) is 11.5 Å². The highest BCUT2D eigenvalue weighted by Crippen LogP contribution is 2.41. The fourth-order valence-corrected chi connectivity index (χ4v) is 3.79. The van der Waals surface area contributed by atoms with Crippen molar-refractivity contribution in [2.75, 3.05) is 13.7 Å². The highest BCUT2D eigenvalue weighted by Gasteiger charge is 2.50. The molecule has 0 aliphatic carbocycles. The Morgan fingerprint density at radius 1 is 1.00 bits per heavy atom. The Bertz CT molecular complexity index is 1090. The molecular formula is C24H28N2O6. The highest BCUT2D eigenvalue weighted by atomic mass is 16.5. The SMILES string of the molecule is CCOc1cc(C(O)(CC(N)=O)N2C(=O)c3ccc(C(C)(C)C)cc3C2=O)ccc1OC. The van der Waals surface area contributed by atoms with Gasteiger partial charge in [0.1, 0.15) is 0 Å². The van der Waals surface area contributed by atoms with E-state index < -0.39 is 29.9 Å². The number of nitrogens with zero attached hydrogens (tertiary/aromatic N) is 1. The predicted octanol–water partition coefficient (Wildman–Crippen LogP) is 2.71. The fourth-order valence-electron chi connectivity index (χ4n) is 3.79. The number of aliphatic hydroxyl groups is 1. The van der Waals surface area contributed by atoms with Crippen molar-refractivity contribution in [2.24, 2.45) is 5.73 Å². The zero-order valence-corrected chi connectivity index (χ0v) is 18.9. The van der Waals surface area contributed by atoms with Gasteiger partial charge in [0.2, 0.25) is 5.91 Å². The number of benzene rings is 2. The van der Waals surface area contributed by atoms with Gasteiger partial charge in [0.15, 0.2) is 17.2 Å². The molecule has 0 aromatic heterocycles. The van der Waals surface area contributed by atoms with E-state index in [-0.39, 0.29) is 22.1 Å². The summed E-state index contributed by atoms with van der Waals surface area (Å²) < 4.78 is 10.8. The van der Waals surface area contributed by atoms with E-state index in [1.807, 2.05) is 20.8 Å². The van der Waals surface area contributed by atoms with Crippen LogP contribution >= 0.6 is 0 Å². The zero-order chi connectivity index (χ0) is 23.8. The number of hydrogen-bond donors (Lipinski definition) is 2. The predicted molar refractivity (Wildman–Crippen MR) is 118 cm³/mol. The van der Waals surface area contributed by atoms with Gasteiger partial charge in [-0.1, -0.05) is 32.9 Å². The maximum atomic E-state index is 13.4. The molecule has 3 rings (SSSR count). The summed E-state index contributed by atoms with van der Waals surface area (Å²) in [6.07, 6.45) is -0.678. The Balaban J connectivity index is 2.15. The Hall–Kier alpha value is -3.39. The van der Waals surface area contributed by atoms with E-state index >= 15 is 0 Å². The van der Waals surface area contributed by atoms with Crippen LogP contribution in [0, 0.1) is 0 Å². The number of imide groups is 1. The molecule has 170 valence electrons. The van der Waals surface area contributed by atoms with Crippen LogP contribution in [0.3, 0.4) is 0 Å². The Labute approximate surface area is 186 Å². The number of amides is 3. The minimum absolute atomic E-state index is 0.103. The largest absolute Gasteiger partial charge is 0.493 e. The van der Waals surface area contributed by atoms with Crippen molar-refractivity contribution in [3.05, 3.63) is 58.7 Å². The quantitative estimate of drug-likeness (QED) is 0.639. The maximum absolute atomic E-state index is 13.4. The zero-order valence-electron chi connectivity index (χ0n) is 18.9. The summed E-state index contributed by atoms with van der Waals surface area (Å²) in [7, 11) is 1.46. The second-order valence-electron chi connectivity index (χ2n) is 8.71. The Morgan fingerprint density at radius 3 is 2.19 bits per heavy atom. The molecule has 0 fully saturated rings. The number of ether oxygens (including phenoxy) is 2. The summed E-state index contributed by atoms with van der Waals surface area (Å²) in [5, 5.41) is 11.6. The molecule has 3 N–H and O–H groups in total. The first kappa shape index (κ1) is 23.3. The molecule has 2 aromatic carbocycles. The van der Waals surface area contributed by atoms with Gasteiger partial charge in [-0.25, -0.2) is 4.90 Å². The average molecular weight is 440 g/mol. The van der Waals surface area contributed by atoms with E-state index in [1.165, 1.54) is 25.3 Å². The lowest BCUT2D eigenvalue weighted by Crippen LogP contribution is -2.51. The van der Waals surface area contributed by atoms with Crippen LogP contribution in [0.4, 0.5) is 0 Å². The third-order valence-corrected chi connectivity index (χ3v) is 5.47. The van der Waals surface area contributed by atoms with E-state index in [4.69, 9.17) is 15.2 Å². The molecular weight excluding hydrogens is 412 g/mol. The fraction of sp³-hybridized carbons (Fsp3) is 0.375. The van der Waals surface area contributed by atoms with Gasteiger partial charge >= 0.3 is 0 Å². The molecule has 0 bridgehead atoms. The molecule has 0 spiro atoms. The molecule has 1 heterocycles. The van der Waals surface area contributed by atoms with Gasteiger partial charge in [0.25, 0.3) is 11.8 Å². The highest BCUT2D eigenvalue weighted by molar-refractivity contribution is 6.22. The number of carbonyl (C=O) groups excluding carboxylic acids is 3. The van der Waals surface area contributed by atoms with Crippen molar-refractivity contribution >= 4 is 17.7 Å². The summed E-state index contributed by atoms with van der Waals surface area (Å²) >= 11 is 0. The second-order valence-corrected chi connectivity index (χ2v) is 8.71. The van der Waals surface area contributed by atoms with Crippen molar-refractivity contribution in [1.82, 2.24) is 4.90 Å². The molecule has 1 atom stereocenters. The summed E-state index contributed by atoms with van der Waals surface area (Å²) in [5.74, 6) is -1.60. The Kier molecular flexibility index (Phi) is 6.02. The molecule has 0 saturated heterocycles. The number of rotatable bonds is 7. The van der Waals surface area contributed by atoms with E-state index in [2.05, 4.69) is 0 Å². The van der Waals surface area contributed by atoms with Crippen LogP contribution in [-0.2, 0) is 15.9 Å². The van der Waals surface area contributed by atoms with Crippen molar-refractivity contribution in [3.63, 3.8) is 0 Å². The van der Waals surface area contributed by atoms with E-state index in [0.717, 1.165) is 5.56 Å². The van der Waals surface area contributed by atoms with E-state index in [9.17, 15) is 19.5 Å². The maximum Gasteiger partial charge on any atom is 0.264 e. The molecule has 0 radical (unpaired) electrons. The van der Waals surface area contributed by atoms with Gasteiger partial charge in [-0.2, -0.15) is 0 Å². The van der Waals surface area contributed by atoms with Gasteiger partial charge in [-0.05, 0) is 42.2 Å². The molecule has 1 unspecified atom stereocenters. The third-order valence-electron chi connectivity index (χ3n) is 5.47. The van der Waals surface area contributed by atoms with Gasteiger partial charge in [-0.15, -0.1) is 0 Å². The molecule has 8 nitrogen and oxygen atoms in total. The van der Waals surface area contributed by atoms with Gasteiger partial charge < -0.3 is 20.3 Å². The number of methoxy groups -OCH3 is 1. The van der Waals surface area contributed by atoms with E-state index in [0.29, 0.717) is 23.0 Å². The number of hydrogen-bond acceptors (Lipinski definition) is 6. The molecule has 1 aliphatic rings. The Morgan fingerprint density at radius 2 is 1.62 bits per heavy atom. The normalized spacial score (nSPS) is 15.4. The summed E-state index contributed by atoms with van der Waals surface area (Å²) in [5.41, 5.74) is 4.14. The lowest BCUT2D eigenvalue weighted by molar-refractivity contribution is -0.131. The molecule has 32 heavy (non-hydrogen) atoms. The van der Waals surface area contributed by atoms with Gasteiger partial charge in [0, 0.05) is 5.56 Å². The smallest absolute Gasteiger partial charge is 0.264 e.